The van der Waals surface area contributed by atoms with Gasteiger partial charge in [-0.3, -0.25) is 4.79 Å². The maximum absolute atomic E-state index is 13.9. The molecule has 0 bridgehead atoms. The molecule has 6 nitrogen and oxygen atoms in total. The maximum atomic E-state index is 13.9. The molecule has 2 rings (SSSR count). The highest BCUT2D eigenvalue weighted by Gasteiger charge is 2.32. The molecule has 0 aliphatic carbocycles. The van der Waals surface area contributed by atoms with Gasteiger partial charge in [0.2, 0.25) is 0 Å². The lowest BCUT2D eigenvalue weighted by atomic mass is 9.96. The van der Waals surface area contributed by atoms with Gasteiger partial charge in [-0.1, -0.05) is 0 Å². The average molecular weight is 271 g/mol. The van der Waals surface area contributed by atoms with Crippen molar-refractivity contribution in [2.24, 2.45) is 5.73 Å². The third kappa shape index (κ3) is 2.28. The summed E-state index contributed by atoms with van der Waals surface area (Å²) in [4.78, 5) is 11.2. The van der Waals surface area contributed by atoms with Gasteiger partial charge in [0, 0.05) is 12.6 Å². The first kappa shape index (κ1) is 13.4. The van der Waals surface area contributed by atoms with Gasteiger partial charge < -0.3 is 25.1 Å². The fourth-order valence-corrected chi connectivity index (χ4v) is 2.03. The molecular weight excluding hydrogens is 257 g/mol. The van der Waals surface area contributed by atoms with E-state index >= 15 is 0 Å². The van der Waals surface area contributed by atoms with E-state index in [-0.39, 0.29) is 42.6 Å². The molecule has 0 radical (unpaired) electrons. The molecule has 1 aliphatic rings. The summed E-state index contributed by atoms with van der Waals surface area (Å²) in [5, 5.41) is 9.18. The maximum Gasteiger partial charge on any atom is 0.312 e. The van der Waals surface area contributed by atoms with E-state index in [0.29, 0.717) is 0 Å². The average Bonchev–Trinajstić information content (AvgIpc) is 2.39. The van der Waals surface area contributed by atoms with Crippen molar-refractivity contribution in [1.29, 1.82) is 0 Å². The number of hydrogen-bond donors (Lipinski definition) is 2. The van der Waals surface area contributed by atoms with E-state index in [1.807, 2.05) is 0 Å². The van der Waals surface area contributed by atoms with E-state index in [1.54, 1.807) is 0 Å². The zero-order chi connectivity index (χ0) is 14.0. The first-order chi connectivity index (χ1) is 9.10. The second-order valence-electron chi connectivity index (χ2n) is 3.96. The Balaban J connectivity index is 2.66. The number of carboxylic acids is 1. The van der Waals surface area contributed by atoms with Crippen molar-refractivity contribution < 1.29 is 28.5 Å². The van der Waals surface area contributed by atoms with Crippen LogP contribution < -0.4 is 19.9 Å². The zero-order valence-corrected chi connectivity index (χ0v) is 10.3. The molecule has 19 heavy (non-hydrogen) atoms. The third-order valence-electron chi connectivity index (χ3n) is 2.86. The first-order valence-electron chi connectivity index (χ1n) is 5.69. The van der Waals surface area contributed by atoms with Gasteiger partial charge in [-0.15, -0.1) is 0 Å². The van der Waals surface area contributed by atoms with E-state index in [9.17, 15) is 14.3 Å². The second kappa shape index (κ2) is 5.31. The van der Waals surface area contributed by atoms with Crippen molar-refractivity contribution in [2.75, 3.05) is 26.9 Å². The van der Waals surface area contributed by atoms with Gasteiger partial charge in [-0.2, -0.15) is 0 Å². The van der Waals surface area contributed by atoms with Crippen molar-refractivity contribution in [3.8, 4) is 17.2 Å². The van der Waals surface area contributed by atoms with Gasteiger partial charge in [-0.25, -0.2) is 4.39 Å². The molecule has 3 N–H and O–H groups in total. The summed E-state index contributed by atoms with van der Waals surface area (Å²) in [7, 11) is 1.26. The summed E-state index contributed by atoms with van der Waals surface area (Å²) in [5.41, 5.74) is 5.53. The van der Waals surface area contributed by atoms with Gasteiger partial charge in [-0.05, 0) is 0 Å². The predicted molar refractivity (Wildman–Crippen MR) is 63.4 cm³/mol. The molecule has 0 saturated carbocycles. The number of methoxy groups -OCH3 is 1. The second-order valence-corrected chi connectivity index (χ2v) is 3.96. The highest BCUT2D eigenvalue weighted by Crippen LogP contribution is 2.45. The number of nitrogens with two attached hydrogens (primary N) is 1. The summed E-state index contributed by atoms with van der Waals surface area (Å²) < 4.78 is 29.5. The Labute approximate surface area is 108 Å². The molecule has 1 unspecified atom stereocenters. The molecule has 0 spiro atoms. The van der Waals surface area contributed by atoms with Crippen molar-refractivity contribution in [2.45, 2.75) is 5.92 Å². The number of rotatable bonds is 4. The molecule has 0 aromatic heterocycles. The van der Waals surface area contributed by atoms with Gasteiger partial charge in [0.1, 0.15) is 19.1 Å². The molecule has 0 saturated heterocycles. The molecule has 1 heterocycles. The third-order valence-corrected chi connectivity index (χ3v) is 2.86. The number of hydrogen-bond acceptors (Lipinski definition) is 5. The fourth-order valence-electron chi connectivity index (χ4n) is 2.03. The number of aliphatic carboxylic acids is 1. The number of fused-ring (bicyclic) bond motifs is 1. The molecule has 1 aromatic carbocycles. The quantitative estimate of drug-likeness (QED) is 0.839. The summed E-state index contributed by atoms with van der Waals surface area (Å²) in [6, 6.07) is 1.12. The molecule has 0 fully saturated rings. The first-order valence-corrected chi connectivity index (χ1v) is 5.69. The lowest BCUT2D eigenvalue weighted by Crippen LogP contribution is -2.25. The number of carbonyl (C=O) groups is 1. The number of ether oxygens (including phenoxy) is 3. The van der Waals surface area contributed by atoms with Gasteiger partial charge >= 0.3 is 5.97 Å². The Morgan fingerprint density at radius 1 is 1.58 bits per heavy atom. The van der Waals surface area contributed by atoms with Gasteiger partial charge in [0.05, 0.1) is 12.7 Å². The predicted octanol–water partition coefficient (Wildman–Crippen LogP) is 0.732. The van der Waals surface area contributed by atoms with Crippen molar-refractivity contribution >= 4 is 5.97 Å². The summed E-state index contributed by atoms with van der Waals surface area (Å²) in [5.74, 6) is -2.84. The molecule has 104 valence electrons. The smallest absolute Gasteiger partial charge is 0.312 e. The Kier molecular flexibility index (Phi) is 3.75. The van der Waals surface area contributed by atoms with Gasteiger partial charge in [0.25, 0.3) is 0 Å². The topological polar surface area (TPSA) is 91.0 Å². The van der Waals surface area contributed by atoms with Crippen LogP contribution in [0.5, 0.6) is 17.2 Å². The lowest BCUT2D eigenvalue weighted by Gasteiger charge is -2.25. The van der Waals surface area contributed by atoms with Crippen LogP contribution in [0.3, 0.4) is 0 Å². The van der Waals surface area contributed by atoms with Crippen LogP contribution in [-0.2, 0) is 4.79 Å². The van der Waals surface area contributed by atoms with Crippen LogP contribution in [0.15, 0.2) is 6.07 Å². The molecule has 0 amide bonds. The number of carboxylic acid groups (broad SMARTS) is 1. The monoisotopic (exact) mass is 271 g/mol. The van der Waals surface area contributed by atoms with Crippen LogP contribution in [-0.4, -0.2) is 37.9 Å². The van der Waals surface area contributed by atoms with Crippen LogP contribution in [0.2, 0.25) is 0 Å². The largest absolute Gasteiger partial charge is 0.493 e. The van der Waals surface area contributed by atoms with Crippen molar-refractivity contribution in [3.05, 3.63) is 17.4 Å². The highest BCUT2D eigenvalue weighted by molar-refractivity contribution is 5.80. The summed E-state index contributed by atoms with van der Waals surface area (Å²) in [6.07, 6.45) is 0. The van der Waals surface area contributed by atoms with E-state index in [0.717, 1.165) is 6.07 Å². The standard InChI is InChI=1S/C12H14FNO5/c1-17-10-7(13)4-8-11(19-3-2-18-8)9(10)6(5-14)12(15)16/h4,6H,2-3,5,14H2,1H3,(H,15,16). The lowest BCUT2D eigenvalue weighted by molar-refractivity contribution is -0.138. The number of benzene rings is 1. The minimum absolute atomic E-state index is 0.0761. The normalized spacial score (nSPS) is 14.9. The molecule has 1 atom stereocenters. The van der Waals surface area contributed by atoms with Crippen LogP contribution in [0.1, 0.15) is 11.5 Å². The van der Waals surface area contributed by atoms with E-state index in [1.165, 1.54) is 7.11 Å². The SMILES string of the molecule is COc1c(F)cc2c(c1C(CN)C(=O)O)OCCO2. The Morgan fingerprint density at radius 3 is 2.84 bits per heavy atom. The van der Waals surface area contributed by atoms with E-state index in [4.69, 9.17) is 19.9 Å². The van der Waals surface area contributed by atoms with E-state index < -0.39 is 17.7 Å². The fraction of sp³-hybridized carbons (Fsp3) is 0.417. The minimum atomic E-state index is -1.18. The van der Waals surface area contributed by atoms with Crippen LogP contribution in [0.4, 0.5) is 4.39 Å². The Hall–Kier alpha value is -2.02. The van der Waals surface area contributed by atoms with Gasteiger partial charge in [0.15, 0.2) is 23.1 Å². The van der Waals surface area contributed by atoms with Crippen LogP contribution in [0.25, 0.3) is 0 Å². The zero-order valence-electron chi connectivity index (χ0n) is 10.3. The summed E-state index contributed by atoms with van der Waals surface area (Å²) >= 11 is 0. The van der Waals surface area contributed by atoms with Crippen molar-refractivity contribution in [3.63, 3.8) is 0 Å². The summed E-state index contributed by atoms with van der Waals surface area (Å²) in [6.45, 7) is 0.329. The molecule has 1 aromatic rings. The Morgan fingerprint density at radius 2 is 2.26 bits per heavy atom. The van der Waals surface area contributed by atoms with E-state index in [2.05, 4.69) is 0 Å². The molecule has 7 heteroatoms. The van der Waals surface area contributed by atoms with Crippen LogP contribution in [0, 0.1) is 5.82 Å². The van der Waals surface area contributed by atoms with Crippen molar-refractivity contribution in [1.82, 2.24) is 0 Å². The Bertz CT molecular complexity index is 505. The minimum Gasteiger partial charge on any atom is -0.493 e. The molecular formula is C12H14FNO5. The molecule has 1 aliphatic heterocycles. The van der Waals surface area contributed by atoms with Crippen LogP contribution >= 0.6 is 0 Å². The number of halogens is 1. The highest BCUT2D eigenvalue weighted by atomic mass is 19.1.